The van der Waals surface area contributed by atoms with Crippen molar-refractivity contribution in [3.8, 4) is 0 Å². The van der Waals surface area contributed by atoms with E-state index in [4.69, 9.17) is 21.1 Å². The van der Waals surface area contributed by atoms with E-state index in [0.29, 0.717) is 37.6 Å². The summed E-state index contributed by atoms with van der Waals surface area (Å²) in [5.41, 5.74) is 0.949. The van der Waals surface area contributed by atoms with Gasteiger partial charge in [-0.1, -0.05) is 23.7 Å². The zero-order valence-corrected chi connectivity index (χ0v) is 10.8. The lowest BCUT2D eigenvalue weighted by molar-refractivity contribution is -0.120. The molecule has 0 aromatic heterocycles. The minimum Gasteiger partial charge on any atom is -0.356 e. The Morgan fingerprint density at radius 2 is 1.94 bits per heavy atom. The van der Waals surface area contributed by atoms with Crippen molar-refractivity contribution >= 4 is 17.5 Å². The number of carbonyl (C=O) groups is 1. The minimum atomic E-state index is -0.166. The van der Waals surface area contributed by atoms with Crippen LogP contribution in [0.1, 0.15) is 12.0 Å². The van der Waals surface area contributed by atoms with E-state index in [1.807, 2.05) is 12.1 Å². The predicted molar refractivity (Wildman–Crippen MR) is 68.5 cm³/mol. The summed E-state index contributed by atoms with van der Waals surface area (Å²) in [5, 5.41) is 3.52. The normalized spacial score (nSPS) is 15.8. The first kappa shape index (κ1) is 13.3. The van der Waals surface area contributed by atoms with Crippen molar-refractivity contribution < 1.29 is 14.3 Å². The Balaban J connectivity index is 1.66. The number of amides is 1. The van der Waals surface area contributed by atoms with Gasteiger partial charge in [0.15, 0.2) is 6.29 Å². The van der Waals surface area contributed by atoms with Crippen LogP contribution in [-0.4, -0.2) is 32.0 Å². The van der Waals surface area contributed by atoms with Crippen molar-refractivity contribution in [2.75, 3.05) is 19.8 Å². The van der Waals surface area contributed by atoms with Crippen LogP contribution < -0.4 is 5.32 Å². The molecule has 0 saturated carbocycles. The maximum atomic E-state index is 11.6. The maximum absolute atomic E-state index is 11.6. The van der Waals surface area contributed by atoms with Crippen molar-refractivity contribution in [1.29, 1.82) is 0 Å². The summed E-state index contributed by atoms with van der Waals surface area (Å²) in [6.45, 7) is 1.85. The summed E-state index contributed by atoms with van der Waals surface area (Å²) in [5.74, 6) is -0.00433. The Bertz CT molecular complexity index is 388. The Morgan fingerprint density at radius 1 is 1.28 bits per heavy atom. The first-order valence-corrected chi connectivity index (χ1v) is 6.36. The fourth-order valence-electron chi connectivity index (χ4n) is 1.75. The number of hydrogen-bond acceptors (Lipinski definition) is 3. The van der Waals surface area contributed by atoms with Crippen LogP contribution in [0.5, 0.6) is 0 Å². The third-order valence-electron chi connectivity index (χ3n) is 2.67. The molecule has 0 bridgehead atoms. The molecule has 1 saturated heterocycles. The van der Waals surface area contributed by atoms with E-state index in [1.165, 1.54) is 0 Å². The van der Waals surface area contributed by atoms with Gasteiger partial charge in [-0.2, -0.15) is 0 Å². The monoisotopic (exact) mass is 269 g/mol. The first-order chi connectivity index (χ1) is 8.74. The Labute approximate surface area is 111 Å². The van der Waals surface area contributed by atoms with E-state index >= 15 is 0 Å². The van der Waals surface area contributed by atoms with Gasteiger partial charge in [0.05, 0.1) is 19.6 Å². The molecule has 0 spiro atoms. The SMILES string of the molecule is O=C(Cc1ccc(Cl)cc1)NCCC1OCCO1. The molecule has 1 N–H and O–H groups in total. The molecule has 1 aromatic carbocycles. The number of carbonyl (C=O) groups excluding carboxylic acids is 1. The quantitative estimate of drug-likeness (QED) is 0.886. The number of rotatable bonds is 5. The van der Waals surface area contributed by atoms with Crippen LogP contribution >= 0.6 is 11.6 Å². The second-order valence-electron chi connectivity index (χ2n) is 4.11. The predicted octanol–water partition coefficient (Wildman–Crippen LogP) is 1.76. The van der Waals surface area contributed by atoms with Crippen LogP contribution in [-0.2, 0) is 20.7 Å². The third kappa shape index (κ3) is 4.29. The molecule has 1 aliphatic heterocycles. The zero-order valence-electron chi connectivity index (χ0n) is 10.0. The van der Waals surface area contributed by atoms with Gasteiger partial charge in [-0.15, -0.1) is 0 Å². The molecular weight excluding hydrogens is 254 g/mol. The average Bonchev–Trinajstić information content (AvgIpc) is 2.85. The highest BCUT2D eigenvalue weighted by Crippen LogP contribution is 2.10. The van der Waals surface area contributed by atoms with Crippen LogP contribution in [0, 0.1) is 0 Å². The highest BCUT2D eigenvalue weighted by Gasteiger charge is 2.15. The van der Waals surface area contributed by atoms with Gasteiger partial charge >= 0.3 is 0 Å². The molecule has 1 fully saturated rings. The van der Waals surface area contributed by atoms with Gasteiger partial charge in [0, 0.05) is 18.0 Å². The molecule has 0 atom stereocenters. The minimum absolute atomic E-state index is 0.00433. The Morgan fingerprint density at radius 3 is 2.61 bits per heavy atom. The van der Waals surface area contributed by atoms with Crippen LogP contribution in [0.25, 0.3) is 0 Å². The fourth-order valence-corrected chi connectivity index (χ4v) is 1.88. The van der Waals surface area contributed by atoms with E-state index < -0.39 is 0 Å². The molecule has 1 aliphatic rings. The Kier molecular flexibility index (Phi) is 4.99. The summed E-state index contributed by atoms with van der Waals surface area (Å²) < 4.78 is 10.6. The van der Waals surface area contributed by atoms with Gasteiger partial charge in [0.25, 0.3) is 0 Å². The third-order valence-corrected chi connectivity index (χ3v) is 2.92. The van der Waals surface area contributed by atoms with Crippen LogP contribution in [0.2, 0.25) is 5.02 Å². The van der Waals surface area contributed by atoms with E-state index in [9.17, 15) is 4.79 Å². The van der Waals surface area contributed by atoms with Gasteiger partial charge in [-0.05, 0) is 17.7 Å². The first-order valence-electron chi connectivity index (χ1n) is 5.98. The van der Waals surface area contributed by atoms with Crippen LogP contribution in [0.3, 0.4) is 0 Å². The molecule has 0 aliphatic carbocycles. The van der Waals surface area contributed by atoms with Crippen molar-refractivity contribution in [2.45, 2.75) is 19.1 Å². The lowest BCUT2D eigenvalue weighted by atomic mass is 10.1. The number of nitrogens with one attached hydrogen (secondary N) is 1. The number of ether oxygens (including phenoxy) is 2. The Hall–Kier alpha value is -1.10. The van der Waals surface area contributed by atoms with Crippen LogP contribution in [0.4, 0.5) is 0 Å². The molecular formula is C13H16ClNO3. The second-order valence-corrected chi connectivity index (χ2v) is 4.55. The van der Waals surface area contributed by atoms with Gasteiger partial charge in [0.2, 0.25) is 5.91 Å². The van der Waals surface area contributed by atoms with Gasteiger partial charge in [0.1, 0.15) is 0 Å². The van der Waals surface area contributed by atoms with E-state index in [-0.39, 0.29) is 12.2 Å². The molecule has 4 nitrogen and oxygen atoms in total. The number of hydrogen-bond donors (Lipinski definition) is 1. The summed E-state index contributed by atoms with van der Waals surface area (Å²) >= 11 is 5.78. The molecule has 0 unspecified atom stereocenters. The van der Waals surface area contributed by atoms with Crippen molar-refractivity contribution in [2.24, 2.45) is 0 Å². The smallest absolute Gasteiger partial charge is 0.224 e. The summed E-state index contributed by atoms with van der Waals surface area (Å²) in [4.78, 5) is 11.6. The summed E-state index contributed by atoms with van der Waals surface area (Å²) in [7, 11) is 0. The molecule has 1 heterocycles. The molecule has 18 heavy (non-hydrogen) atoms. The van der Waals surface area contributed by atoms with E-state index in [2.05, 4.69) is 5.32 Å². The number of benzene rings is 1. The largest absolute Gasteiger partial charge is 0.356 e. The van der Waals surface area contributed by atoms with Crippen molar-refractivity contribution in [3.05, 3.63) is 34.9 Å². The number of halogens is 1. The maximum Gasteiger partial charge on any atom is 0.224 e. The lowest BCUT2D eigenvalue weighted by Gasteiger charge is -2.09. The standard InChI is InChI=1S/C13H16ClNO3/c14-11-3-1-10(2-4-11)9-12(16)15-6-5-13-17-7-8-18-13/h1-4,13H,5-9H2,(H,15,16). The lowest BCUT2D eigenvalue weighted by Crippen LogP contribution is -2.28. The van der Waals surface area contributed by atoms with E-state index in [1.54, 1.807) is 12.1 Å². The fraction of sp³-hybridized carbons (Fsp3) is 0.462. The molecule has 0 radical (unpaired) electrons. The molecule has 1 amide bonds. The topological polar surface area (TPSA) is 47.6 Å². The molecule has 5 heteroatoms. The van der Waals surface area contributed by atoms with E-state index in [0.717, 1.165) is 5.56 Å². The highest BCUT2D eigenvalue weighted by molar-refractivity contribution is 6.30. The highest BCUT2D eigenvalue weighted by atomic mass is 35.5. The van der Waals surface area contributed by atoms with Gasteiger partial charge < -0.3 is 14.8 Å². The van der Waals surface area contributed by atoms with Crippen molar-refractivity contribution in [3.63, 3.8) is 0 Å². The van der Waals surface area contributed by atoms with Crippen molar-refractivity contribution in [1.82, 2.24) is 5.32 Å². The summed E-state index contributed by atoms with van der Waals surface area (Å²) in [6.07, 6.45) is 0.886. The molecule has 98 valence electrons. The zero-order chi connectivity index (χ0) is 12.8. The van der Waals surface area contributed by atoms with Gasteiger partial charge in [-0.3, -0.25) is 4.79 Å². The van der Waals surface area contributed by atoms with Gasteiger partial charge in [-0.25, -0.2) is 0 Å². The summed E-state index contributed by atoms with van der Waals surface area (Å²) in [6, 6.07) is 7.27. The second kappa shape index (κ2) is 6.73. The average molecular weight is 270 g/mol. The molecule has 1 aromatic rings. The van der Waals surface area contributed by atoms with Crippen LogP contribution in [0.15, 0.2) is 24.3 Å². The molecule has 2 rings (SSSR count).